The summed E-state index contributed by atoms with van der Waals surface area (Å²) in [5, 5.41) is 8.74. The van der Waals surface area contributed by atoms with Gasteiger partial charge in [-0.2, -0.15) is 5.26 Å². The van der Waals surface area contributed by atoms with Crippen LogP contribution in [0.1, 0.15) is 21.6 Å². The third kappa shape index (κ3) is 3.12. The van der Waals surface area contributed by atoms with Gasteiger partial charge in [-0.05, 0) is 29.8 Å². The van der Waals surface area contributed by atoms with E-state index in [2.05, 4.69) is 11.1 Å². The van der Waals surface area contributed by atoms with Crippen molar-refractivity contribution in [2.45, 2.75) is 6.54 Å². The van der Waals surface area contributed by atoms with Crippen LogP contribution in [0.15, 0.2) is 42.6 Å². The van der Waals surface area contributed by atoms with Crippen LogP contribution in [-0.4, -0.2) is 22.8 Å². The van der Waals surface area contributed by atoms with Crippen molar-refractivity contribution in [3.63, 3.8) is 0 Å². The zero-order valence-electron chi connectivity index (χ0n) is 11.1. The summed E-state index contributed by atoms with van der Waals surface area (Å²) in [5.74, 6) is -0.172. The molecule has 100 valence electrons. The van der Waals surface area contributed by atoms with Crippen molar-refractivity contribution in [2.24, 2.45) is 0 Å². The molecule has 0 aliphatic heterocycles. The van der Waals surface area contributed by atoms with Gasteiger partial charge < -0.3 is 10.6 Å². The fourth-order valence-electron chi connectivity index (χ4n) is 1.76. The summed E-state index contributed by atoms with van der Waals surface area (Å²) in [6, 6.07) is 12.4. The Morgan fingerprint density at radius 3 is 2.55 bits per heavy atom. The number of nitriles is 1. The van der Waals surface area contributed by atoms with E-state index >= 15 is 0 Å². The first-order valence-corrected chi connectivity index (χ1v) is 6.06. The molecule has 1 aromatic carbocycles. The monoisotopic (exact) mass is 266 g/mol. The lowest BCUT2D eigenvalue weighted by atomic mass is 10.1. The molecule has 0 bridgehead atoms. The topological polar surface area (TPSA) is 83.0 Å². The Morgan fingerprint density at radius 2 is 2.00 bits per heavy atom. The number of rotatable bonds is 3. The van der Waals surface area contributed by atoms with Crippen LogP contribution < -0.4 is 5.73 Å². The van der Waals surface area contributed by atoms with Gasteiger partial charge in [0.05, 0.1) is 23.5 Å². The standard InChI is InChI=1S/C15H14N4O/c1-19(10-12-4-2-11(8-16)3-5-12)15(20)14-7-6-13(17)9-18-14/h2-7,9H,10,17H2,1H3. The molecule has 1 heterocycles. The van der Waals surface area contributed by atoms with E-state index in [9.17, 15) is 4.79 Å². The average molecular weight is 266 g/mol. The highest BCUT2D eigenvalue weighted by molar-refractivity contribution is 5.92. The minimum atomic E-state index is -0.172. The van der Waals surface area contributed by atoms with Crippen LogP contribution in [0.4, 0.5) is 5.69 Å². The van der Waals surface area contributed by atoms with E-state index < -0.39 is 0 Å². The van der Waals surface area contributed by atoms with Crippen molar-refractivity contribution in [2.75, 3.05) is 12.8 Å². The molecule has 0 saturated carbocycles. The summed E-state index contributed by atoms with van der Waals surface area (Å²) in [4.78, 5) is 17.7. The molecule has 0 aliphatic rings. The Hall–Kier alpha value is -2.87. The molecule has 0 fully saturated rings. The number of aromatic nitrogens is 1. The number of anilines is 1. The Kier molecular flexibility index (Phi) is 3.96. The number of carbonyl (C=O) groups is 1. The van der Waals surface area contributed by atoms with E-state index in [0.717, 1.165) is 5.56 Å². The zero-order valence-corrected chi connectivity index (χ0v) is 11.1. The zero-order chi connectivity index (χ0) is 14.5. The summed E-state index contributed by atoms with van der Waals surface area (Å²) in [6.07, 6.45) is 1.46. The Morgan fingerprint density at radius 1 is 1.30 bits per heavy atom. The van der Waals surface area contributed by atoms with Gasteiger partial charge in [0, 0.05) is 13.6 Å². The average Bonchev–Trinajstić information content (AvgIpc) is 2.48. The first-order valence-electron chi connectivity index (χ1n) is 6.06. The second-order valence-electron chi connectivity index (χ2n) is 4.45. The van der Waals surface area contributed by atoms with Gasteiger partial charge in [-0.1, -0.05) is 12.1 Å². The molecule has 1 amide bonds. The molecule has 0 unspecified atom stereocenters. The lowest BCUT2D eigenvalue weighted by molar-refractivity contribution is 0.0779. The molecule has 1 aromatic heterocycles. The SMILES string of the molecule is CN(Cc1ccc(C#N)cc1)C(=O)c1ccc(N)cn1. The maximum Gasteiger partial charge on any atom is 0.272 e. The molecule has 5 heteroatoms. The van der Waals surface area contributed by atoms with Gasteiger partial charge in [-0.3, -0.25) is 4.79 Å². The predicted octanol–water partition coefficient (Wildman–Crippen LogP) is 1.81. The van der Waals surface area contributed by atoms with Crippen LogP contribution in [0, 0.1) is 11.3 Å². The van der Waals surface area contributed by atoms with Gasteiger partial charge in [0.2, 0.25) is 0 Å². The highest BCUT2D eigenvalue weighted by Crippen LogP contribution is 2.09. The summed E-state index contributed by atoms with van der Waals surface area (Å²) in [6.45, 7) is 0.455. The number of nitrogens with zero attached hydrogens (tertiary/aromatic N) is 3. The molecular formula is C15H14N4O. The maximum absolute atomic E-state index is 12.2. The minimum absolute atomic E-state index is 0.172. The lowest BCUT2D eigenvalue weighted by Crippen LogP contribution is -2.27. The molecule has 2 aromatic rings. The second kappa shape index (κ2) is 5.85. The third-order valence-electron chi connectivity index (χ3n) is 2.85. The van der Waals surface area contributed by atoms with Gasteiger partial charge >= 0.3 is 0 Å². The number of amides is 1. The number of hydrogen-bond acceptors (Lipinski definition) is 4. The molecule has 2 N–H and O–H groups in total. The smallest absolute Gasteiger partial charge is 0.272 e. The Bertz CT molecular complexity index is 641. The number of pyridine rings is 1. The normalized spacial score (nSPS) is 9.80. The van der Waals surface area contributed by atoms with Crippen LogP contribution in [0.25, 0.3) is 0 Å². The second-order valence-corrected chi connectivity index (χ2v) is 4.45. The summed E-state index contributed by atoms with van der Waals surface area (Å²) < 4.78 is 0. The molecular weight excluding hydrogens is 252 g/mol. The number of carbonyl (C=O) groups excluding carboxylic acids is 1. The van der Waals surface area contributed by atoms with Crippen molar-refractivity contribution < 1.29 is 4.79 Å². The fraction of sp³-hybridized carbons (Fsp3) is 0.133. The first-order chi connectivity index (χ1) is 9.60. The highest BCUT2D eigenvalue weighted by atomic mass is 16.2. The number of benzene rings is 1. The summed E-state index contributed by atoms with van der Waals surface area (Å²) >= 11 is 0. The van der Waals surface area contributed by atoms with Gasteiger partial charge in [-0.25, -0.2) is 4.98 Å². The summed E-state index contributed by atoms with van der Waals surface area (Å²) in [7, 11) is 1.71. The molecule has 0 aliphatic carbocycles. The number of hydrogen-bond donors (Lipinski definition) is 1. The molecule has 0 radical (unpaired) electrons. The van der Waals surface area contributed by atoms with Gasteiger partial charge in [0.1, 0.15) is 5.69 Å². The molecule has 5 nitrogen and oxygen atoms in total. The van der Waals surface area contributed by atoms with Crippen molar-refractivity contribution in [3.05, 3.63) is 59.4 Å². The predicted molar refractivity (Wildman–Crippen MR) is 75.6 cm³/mol. The maximum atomic E-state index is 12.2. The van der Waals surface area contributed by atoms with Crippen LogP contribution in [0.2, 0.25) is 0 Å². The van der Waals surface area contributed by atoms with Crippen molar-refractivity contribution in [1.29, 1.82) is 5.26 Å². The van der Waals surface area contributed by atoms with Crippen molar-refractivity contribution in [1.82, 2.24) is 9.88 Å². The Balaban J connectivity index is 2.07. The molecule has 0 atom stereocenters. The van der Waals surface area contributed by atoms with Crippen LogP contribution in [0.5, 0.6) is 0 Å². The molecule has 2 rings (SSSR count). The van der Waals surface area contributed by atoms with Gasteiger partial charge in [0.25, 0.3) is 5.91 Å². The first kappa shape index (κ1) is 13.6. The lowest BCUT2D eigenvalue weighted by Gasteiger charge is -2.16. The minimum Gasteiger partial charge on any atom is -0.397 e. The molecule has 0 spiro atoms. The van der Waals surface area contributed by atoms with Gasteiger partial charge in [0.15, 0.2) is 0 Å². The van der Waals surface area contributed by atoms with Crippen LogP contribution >= 0.6 is 0 Å². The van der Waals surface area contributed by atoms with E-state index in [0.29, 0.717) is 23.5 Å². The number of nitrogens with two attached hydrogens (primary N) is 1. The van der Waals surface area contributed by atoms with E-state index in [1.807, 2.05) is 12.1 Å². The molecule has 20 heavy (non-hydrogen) atoms. The van der Waals surface area contributed by atoms with E-state index in [4.69, 9.17) is 11.0 Å². The van der Waals surface area contributed by atoms with Crippen molar-refractivity contribution >= 4 is 11.6 Å². The summed E-state index contributed by atoms with van der Waals surface area (Å²) in [5.41, 5.74) is 7.98. The van der Waals surface area contributed by atoms with Gasteiger partial charge in [-0.15, -0.1) is 0 Å². The largest absolute Gasteiger partial charge is 0.397 e. The quantitative estimate of drug-likeness (QED) is 0.918. The van der Waals surface area contributed by atoms with Crippen molar-refractivity contribution in [3.8, 4) is 6.07 Å². The van der Waals surface area contributed by atoms with Crippen LogP contribution in [0.3, 0.4) is 0 Å². The van der Waals surface area contributed by atoms with E-state index in [1.165, 1.54) is 6.20 Å². The molecule has 0 saturated heterocycles. The number of nitrogen functional groups attached to an aromatic ring is 1. The van der Waals surface area contributed by atoms with E-state index in [1.54, 1.807) is 36.2 Å². The fourth-order valence-corrected chi connectivity index (χ4v) is 1.76. The highest BCUT2D eigenvalue weighted by Gasteiger charge is 2.13. The Labute approximate surface area is 117 Å². The van der Waals surface area contributed by atoms with Crippen LogP contribution in [-0.2, 0) is 6.54 Å². The third-order valence-corrected chi connectivity index (χ3v) is 2.85. The van der Waals surface area contributed by atoms with E-state index in [-0.39, 0.29) is 5.91 Å².